The van der Waals surface area contributed by atoms with E-state index in [-0.39, 0.29) is 23.8 Å². The number of ether oxygens (including phenoxy) is 2. The Morgan fingerprint density at radius 1 is 1.04 bits per heavy atom. The summed E-state index contributed by atoms with van der Waals surface area (Å²) in [5, 5.41) is 3.14. The molecule has 6 nitrogen and oxygen atoms in total. The molecule has 1 aromatic rings. The summed E-state index contributed by atoms with van der Waals surface area (Å²) in [5.74, 6) is 1.34. The molecule has 0 spiro atoms. The van der Waals surface area contributed by atoms with Crippen molar-refractivity contribution in [2.45, 2.75) is 38.1 Å². The zero-order valence-corrected chi connectivity index (χ0v) is 14.9. The lowest BCUT2D eigenvalue weighted by Crippen LogP contribution is -2.48. The van der Waals surface area contributed by atoms with Gasteiger partial charge in [0.05, 0.1) is 14.2 Å². The first-order chi connectivity index (χ1) is 12.1. The molecule has 1 aliphatic heterocycles. The van der Waals surface area contributed by atoms with Gasteiger partial charge in [0.2, 0.25) is 5.91 Å². The smallest absolute Gasteiger partial charge is 0.261 e. The molecule has 0 aromatic heterocycles. The minimum Gasteiger partial charge on any atom is -0.496 e. The van der Waals surface area contributed by atoms with Crippen LogP contribution in [0.4, 0.5) is 0 Å². The van der Waals surface area contributed by atoms with Crippen molar-refractivity contribution < 1.29 is 19.1 Å². The fraction of sp³-hybridized carbons (Fsp3) is 0.579. The lowest BCUT2D eigenvalue weighted by Gasteiger charge is -2.34. The number of piperidine rings is 1. The summed E-state index contributed by atoms with van der Waals surface area (Å²) in [6.45, 7) is 1.24. The molecule has 0 atom stereocenters. The molecule has 0 unspecified atom stereocenters. The fourth-order valence-corrected chi connectivity index (χ4v) is 3.44. The predicted octanol–water partition coefficient (Wildman–Crippen LogP) is 2.22. The van der Waals surface area contributed by atoms with E-state index in [1.54, 1.807) is 32.4 Å². The van der Waals surface area contributed by atoms with Gasteiger partial charge >= 0.3 is 0 Å². The van der Waals surface area contributed by atoms with E-state index in [9.17, 15) is 9.59 Å². The molecular weight excluding hydrogens is 320 g/mol. The second-order valence-electron chi connectivity index (χ2n) is 6.74. The highest BCUT2D eigenvalue weighted by Crippen LogP contribution is 2.31. The zero-order valence-electron chi connectivity index (χ0n) is 14.9. The van der Waals surface area contributed by atoms with Crippen LogP contribution in [0.3, 0.4) is 0 Å². The third kappa shape index (κ3) is 3.72. The molecule has 1 heterocycles. The van der Waals surface area contributed by atoms with Crippen molar-refractivity contribution in [2.24, 2.45) is 5.92 Å². The van der Waals surface area contributed by atoms with Crippen LogP contribution in [0, 0.1) is 5.92 Å². The van der Waals surface area contributed by atoms with Crippen LogP contribution < -0.4 is 14.8 Å². The summed E-state index contributed by atoms with van der Waals surface area (Å²) in [7, 11) is 3.10. The summed E-state index contributed by atoms with van der Waals surface area (Å²) < 4.78 is 10.7. The number of hydrogen-bond acceptors (Lipinski definition) is 4. The lowest BCUT2D eigenvalue weighted by atomic mass is 9.84. The van der Waals surface area contributed by atoms with Gasteiger partial charge in [-0.2, -0.15) is 0 Å². The molecule has 0 radical (unpaired) electrons. The monoisotopic (exact) mass is 346 g/mol. The van der Waals surface area contributed by atoms with Crippen molar-refractivity contribution in [1.29, 1.82) is 0 Å². The van der Waals surface area contributed by atoms with Gasteiger partial charge in [0.25, 0.3) is 5.91 Å². The Morgan fingerprint density at radius 3 is 2.12 bits per heavy atom. The van der Waals surface area contributed by atoms with Crippen LogP contribution >= 0.6 is 0 Å². The van der Waals surface area contributed by atoms with Gasteiger partial charge in [-0.3, -0.25) is 9.59 Å². The Hall–Kier alpha value is -2.24. The summed E-state index contributed by atoms with van der Waals surface area (Å²) in [5.41, 5.74) is 0.462. The van der Waals surface area contributed by atoms with E-state index in [0.29, 0.717) is 30.2 Å². The van der Waals surface area contributed by atoms with Crippen LogP contribution in [-0.4, -0.2) is 50.1 Å². The number of carbonyl (C=O) groups excluding carboxylic acids is 2. The number of rotatable bonds is 5. The van der Waals surface area contributed by atoms with Crippen LogP contribution in [0.1, 0.15) is 42.5 Å². The second-order valence-corrected chi connectivity index (χ2v) is 6.74. The molecule has 1 saturated carbocycles. The van der Waals surface area contributed by atoms with E-state index < -0.39 is 0 Å². The largest absolute Gasteiger partial charge is 0.496 e. The number of benzene rings is 1. The number of nitrogens with one attached hydrogen (secondary N) is 1. The first kappa shape index (κ1) is 17.6. The van der Waals surface area contributed by atoms with Crippen molar-refractivity contribution in [3.05, 3.63) is 23.8 Å². The van der Waals surface area contributed by atoms with E-state index >= 15 is 0 Å². The Kier molecular flexibility index (Phi) is 5.46. The maximum absolute atomic E-state index is 12.9. The number of methoxy groups -OCH3 is 2. The Labute approximate surface area is 148 Å². The molecule has 1 N–H and O–H groups in total. The number of carbonyl (C=O) groups is 2. The minimum atomic E-state index is -0.0851. The van der Waals surface area contributed by atoms with Gasteiger partial charge in [-0.25, -0.2) is 0 Å². The van der Waals surface area contributed by atoms with Crippen LogP contribution in [0.15, 0.2) is 18.2 Å². The van der Waals surface area contributed by atoms with Gasteiger partial charge in [-0.05, 0) is 37.8 Å². The minimum absolute atomic E-state index is 0.0851. The number of amides is 2. The van der Waals surface area contributed by atoms with E-state index in [4.69, 9.17) is 9.47 Å². The van der Waals surface area contributed by atoms with Crippen LogP contribution in [0.5, 0.6) is 11.5 Å². The fourth-order valence-electron chi connectivity index (χ4n) is 3.44. The highest BCUT2D eigenvalue weighted by atomic mass is 16.5. The maximum atomic E-state index is 12.9. The average molecular weight is 346 g/mol. The van der Waals surface area contributed by atoms with E-state index in [1.807, 2.05) is 4.90 Å². The van der Waals surface area contributed by atoms with Gasteiger partial charge in [0.1, 0.15) is 17.1 Å². The molecule has 0 bridgehead atoms. The first-order valence-electron chi connectivity index (χ1n) is 8.94. The number of hydrogen-bond donors (Lipinski definition) is 1. The molecule has 25 heavy (non-hydrogen) atoms. The number of likely N-dealkylation sites (tertiary alicyclic amines) is 1. The maximum Gasteiger partial charge on any atom is 0.261 e. The van der Waals surface area contributed by atoms with Gasteiger partial charge in [0.15, 0.2) is 0 Å². The molecule has 136 valence electrons. The summed E-state index contributed by atoms with van der Waals surface area (Å²) in [6.07, 6.45) is 4.74. The molecule has 2 aliphatic rings. The van der Waals surface area contributed by atoms with Gasteiger partial charge in [-0.1, -0.05) is 12.5 Å². The Bertz CT molecular complexity index is 612. The molecule has 2 amide bonds. The normalized spacial score (nSPS) is 18.4. The van der Waals surface area contributed by atoms with Crippen LogP contribution in [0.2, 0.25) is 0 Å². The van der Waals surface area contributed by atoms with Gasteiger partial charge in [-0.15, -0.1) is 0 Å². The Balaban J connectivity index is 1.61. The number of nitrogens with zero attached hydrogens (tertiary/aromatic N) is 1. The third-order valence-electron chi connectivity index (χ3n) is 5.25. The highest BCUT2D eigenvalue weighted by Gasteiger charge is 2.31. The molecule has 3 rings (SSSR count). The van der Waals surface area contributed by atoms with Gasteiger partial charge < -0.3 is 19.7 Å². The van der Waals surface area contributed by atoms with Gasteiger partial charge in [0, 0.05) is 25.0 Å². The first-order valence-corrected chi connectivity index (χ1v) is 8.94. The van der Waals surface area contributed by atoms with Crippen LogP contribution in [0.25, 0.3) is 0 Å². The molecule has 6 heteroatoms. The molecule has 1 aliphatic carbocycles. The van der Waals surface area contributed by atoms with E-state index in [1.165, 1.54) is 0 Å². The van der Waals surface area contributed by atoms with Crippen molar-refractivity contribution in [3.8, 4) is 11.5 Å². The van der Waals surface area contributed by atoms with Crippen molar-refractivity contribution >= 4 is 11.8 Å². The van der Waals surface area contributed by atoms with Crippen molar-refractivity contribution in [2.75, 3.05) is 27.3 Å². The zero-order chi connectivity index (χ0) is 17.8. The molecule has 1 aromatic carbocycles. The molecule has 1 saturated heterocycles. The van der Waals surface area contributed by atoms with Crippen molar-refractivity contribution in [1.82, 2.24) is 10.2 Å². The van der Waals surface area contributed by atoms with E-state index in [0.717, 1.165) is 32.1 Å². The topological polar surface area (TPSA) is 67.9 Å². The SMILES string of the molecule is COc1cccc(OC)c1C(=O)N1CCC(NC(=O)C2CCC2)CC1. The highest BCUT2D eigenvalue weighted by molar-refractivity contribution is 5.99. The molecular formula is C19H26N2O4. The van der Waals surface area contributed by atoms with Crippen molar-refractivity contribution in [3.63, 3.8) is 0 Å². The Morgan fingerprint density at radius 2 is 1.64 bits per heavy atom. The summed E-state index contributed by atoms with van der Waals surface area (Å²) in [6, 6.07) is 5.50. The summed E-state index contributed by atoms with van der Waals surface area (Å²) in [4.78, 5) is 26.8. The average Bonchev–Trinajstić information content (AvgIpc) is 2.59. The summed E-state index contributed by atoms with van der Waals surface area (Å²) >= 11 is 0. The third-order valence-corrected chi connectivity index (χ3v) is 5.25. The second kappa shape index (κ2) is 7.76. The lowest BCUT2D eigenvalue weighted by molar-refractivity contribution is -0.128. The quantitative estimate of drug-likeness (QED) is 0.888. The van der Waals surface area contributed by atoms with Crippen LogP contribution in [-0.2, 0) is 4.79 Å². The van der Waals surface area contributed by atoms with E-state index in [2.05, 4.69) is 5.32 Å². The standard InChI is InChI=1S/C19H26N2O4/c1-24-15-7-4-8-16(25-2)17(15)19(23)21-11-9-14(10-12-21)20-18(22)13-5-3-6-13/h4,7-8,13-14H,3,5-6,9-12H2,1-2H3,(H,20,22). The predicted molar refractivity (Wildman–Crippen MR) is 94.0 cm³/mol. The molecule has 2 fully saturated rings.